The summed E-state index contributed by atoms with van der Waals surface area (Å²) in [5.74, 6) is 0.252. The highest BCUT2D eigenvalue weighted by Crippen LogP contribution is 2.12. The molecule has 5 nitrogen and oxygen atoms in total. The molecule has 6 heteroatoms. The molecule has 0 radical (unpaired) electrons. The fourth-order valence-electron chi connectivity index (χ4n) is 2.24. The molecule has 0 bridgehead atoms. The molecule has 96 valence electrons. The smallest absolute Gasteiger partial charge is 0.193 e. The number of piperazine rings is 1. The molecule has 0 spiro atoms. The third kappa shape index (κ3) is 2.60. The molecule has 1 aliphatic rings. The minimum atomic E-state index is 0.252. The molecule has 1 saturated heterocycles. The largest absolute Gasteiger partial charge is 0.314 e. The number of hydrogen-bond donors (Lipinski definition) is 1. The van der Waals surface area contributed by atoms with Crippen LogP contribution in [0.5, 0.6) is 0 Å². The van der Waals surface area contributed by atoms with Crippen molar-refractivity contribution >= 4 is 22.1 Å². The van der Waals surface area contributed by atoms with E-state index in [-0.39, 0.29) is 5.78 Å². The number of carbonyl (C=O) groups excluding carboxylic acids is 1. The van der Waals surface area contributed by atoms with Gasteiger partial charge < -0.3 is 5.32 Å². The molecule has 0 aromatic carbocycles. The molecule has 1 N–H and O–H groups in total. The molecule has 0 saturated carbocycles. The average Bonchev–Trinajstić information content (AvgIpc) is 2.90. The second kappa shape index (κ2) is 5.17. The highest BCUT2D eigenvalue weighted by molar-refractivity contribution is 7.15. The van der Waals surface area contributed by atoms with Gasteiger partial charge in [-0.3, -0.25) is 14.1 Å². The van der Waals surface area contributed by atoms with Crippen LogP contribution in [-0.2, 0) is 11.2 Å². The first kappa shape index (κ1) is 11.8. The van der Waals surface area contributed by atoms with Crippen molar-refractivity contribution in [1.29, 1.82) is 0 Å². The van der Waals surface area contributed by atoms with Crippen molar-refractivity contribution in [3.8, 4) is 0 Å². The lowest BCUT2D eigenvalue weighted by atomic mass is 10.2. The number of hydrogen-bond acceptors (Lipinski definition) is 5. The van der Waals surface area contributed by atoms with Crippen molar-refractivity contribution in [2.24, 2.45) is 0 Å². The van der Waals surface area contributed by atoms with Gasteiger partial charge in [-0.05, 0) is 0 Å². The Labute approximate surface area is 109 Å². The zero-order valence-electron chi connectivity index (χ0n) is 10.1. The molecule has 1 aliphatic heterocycles. The Hall–Kier alpha value is -1.24. The summed E-state index contributed by atoms with van der Waals surface area (Å²) in [5, 5.41) is 5.28. The van der Waals surface area contributed by atoms with Crippen LogP contribution in [0.3, 0.4) is 0 Å². The second-order valence-corrected chi connectivity index (χ2v) is 5.44. The number of aromatic nitrogens is 2. The Bertz CT molecular complexity index is 513. The van der Waals surface area contributed by atoms with Gasteiger partial charge in [-0.2, -0.15) is 0 Å². The first-order valence-corrected chi connectivity index (χ1v) is 7.05. The Morgan fingerprint density at radius 1 is 1.44 bits per heavy atom. The number of Topliss-reactive ketones (excluding diaryl/α,β-unsaturated/α-hetero) is 1. The summed E-state index contributed by atoms with van der Waals surface area (Å²) >= 11 is 1.59. The van der Waals surface area contributed by atoms with Gasteiger partial charge in [0.05, 0.1) is 18.7 Å². The number of nitrogens with one attached hydrogen (secondary N) is 1. The summed E-state index contributed by atoms with van der Waals surface area (Å²) in [5.41, 5.74) is 0.877. The summed E-state index contributed by atoms with van der Waals surface area (Å²) in [6.45, 7) is 4.43. The van der Waals surface area contributed by atoms with Crippen LogP contribution < -0.4 is 5.32 Å². The molecular weight excluding hydrogens is 248 g/mol. The summed E-state index contributed by atoms with van der Waals surface area (Å²) in [7, 11) is 0. The van der Waals surface area contributed by atoms with Crippen LogP contribution in [0, 0.1) is 0 Å². The summed E-state index contributed by atoms with van der Waals surface area (Å²) in [4.78, 5) is 19.6. The Kier molecular flexibility index (Phi) is 3.40. The van der Waals surface area contributed by atoms with Crippen molar-refractivity contribution in [1.82, 2.24) is 19.6 Å². The number of thiazole rings is 1. The van der Waals surface area contributed by atoms with Gasteiger partial charge in [-0.25, -0.2) is 4.98 Å². The zero-order valence-corrected chi connectivity index (χ0v) is 10.9. The highest BCUT2D eigenvalue weighted by Gasteiger charge is 2.15. The van der Waals surface area contributed by atoms with E-state index in [9.17, 15) is 4.79 Å². The SMILES string of the molecule is O=C(Cc1cn2ccsc2n1)CN1CCNCC1. The van der Waals surface area contributed by atoms with Gasteiger partial charge >= 0.3 is 0 Å². The lowest BCUT2D eigenvalue weighted by Crippen LogP contribution is -2.45. The van der Waals surface area contributed by atoms with Crippen molar-refractivity contribution in [2.45, 2.75) is 6.42 Å². The Morgan fingerprint density at radius 2 is 2.28 bits per heavy atom. The Morgan fingerprint density at radius 3 is 3.06 bits per heavy atom. The lowest BCUT2D eigenvalue weighted by Gasteiger charge is -2.26. The number of rotatable bonds is 4. The van der Waals surface area contributed by atoms with Crippen molar-refractivity contribution in [3.05, 3.63) is 23.5 Å². The molecule has 2 aromatic rings. The van der Waals surface area contributed by atoms with Crippen LogP contribution >= 0.6 is 11.3 Å². The topological polar surface area (TPSA) is 49.6 Å². The maximum atomic E-state index is 12.0. The van der Waals surface area contributed by atoms with Gasteiger partial charge in [0.2, 0.25) is 0 Å². The van der Waals surface area contributed by atoms with Crippen LogP contribution in [0.1, 0.15) is 5.69 Å². The second-order valence-electron chi connectivity index (χ2n) is 4.57. The molecule has 3 rings (SSSR count). The molecule has 0 amide bonds. The van der Waals surface area contributed by atoms with Crippen LogP contribution in [0.2, 0.25) is 0 Å². The van der Waals surface area contributed by atoms with E-state index >= 15 is 0 Å². The van der Waals surface area contributed by atoms with Gasteiger partial charge in [0.15, 0.2) is 10.7 Å². The molecule has 0 unspecified atom stereocenters. The third-order valence-electron chi connectivity index (χ3n) is 3.13. The van der Waals surface area contributed by atoms with E-state index in [2.05, 4.69) is 15.2 Å². The predicted octanol–water partition coefficient (Wildman–Crippen LogP) is 0.413. The normalized spacial score (nSPS) is 17.3. The van der Waals surface area contributed by atoms with Gasteiger partial charge in [0.25, 0.3) is 0 Å². The number of nitrogens with zero attached hydrogens (tertiary/aromatic N) is 3. The fourth-order valence-corrected chi connectivity index (χ4v) is 2.96. The minimum absolute atomic E-state index is 0.252. The third-order valence-corrected chi connectivity index (χ3v) is 3.90. The quantitative estimate of drug-likeness (QED) is 0.869. The van der Waals surface area contributed by atoms with E-state index in [1.807, 2.05) is 22.2 Å². The fraction of sp³-hybridized carbons (Fsp3) is 0.500. The van der Waals surface area contributed by atoms with Crippen molar-refractivity contribution in [3.63, 3.8) is 0 Å². The van der Waals surface area contributed by atoms with Gasteiger partial charge in [0.1, 0.15) is 0 Å². The van der Waals surface area contributed by atoms with Gasteiger partial charge in [-0.15, -0.1) is 11.3 Å². The van der Waals surface area contributed by atoms with Crippen LogP contribution in [0.25, 0.3) is 4.96 Å². The van der Waals surface area contributed by atoms with E-state index in [4.69, 9.17) is 0 Å². The minimum Gasteiger partial charge on any atom is -0.314 e. The van der Waals surface area contributed by atoms with E-state index in [1.54, 1.807) is 11.3 Å². The number of ketones is 1. The summed E-state index contributed by atoms with van der Waals surface area (Å²) < 4.78 is 1.97. The van der Waals surface area contributed by atoms with Crippen LogP contribution in [-0.4, -0.2) is 52.8 Å². The number of carbonyl (C=O) groups is 1. The predicted molar refractivity (Wildman–Crippen MR) is 71.1 cm³/mol. The van der Waals surface area contributed by atoms with E-state index < -0.39 is 0 Å². The Balaban J connectivity index is 1.58. The molecule has 0 aliphatic carbocycles. The zero-order chi connectivity index (χ0) is 12.4. The molecule has 1 fully saturated rings. The number of fused-ring (bicyclic) bond motifs is 1. The van der Waals surface area contributed by atoms with Gasteiger partial charge in [0, 0.05) is 44.0 Å². The summed E-state index contributed by atoms with van der Waals surface area (Å²) in [6.07, 6.45) is 4.36. The van der Waals surface area contributed by atoms with Gasteiger partial charge in [-0.1, -0.05) is 0 Å². The van der Waals surface area contributed by atoms with E-state index in [0.29, 0.717) is 13.0 Å². The molecule has 2 aromatic heterocycles. The standard InChI is InChI=1S/C12H16N4OS/c17-11(9-15-3-1-13-2-4-15)7-10-8-16-5-6-18-12(16)14-10/h5-6,8,13H,1-4,7,9H2. The van der Waals surface area contributed by atoms with Crippen LogP contribution in [0.15, 0.2) is 17.8 Å². The number of imidazole rings is 1. The first-order chi connectivity index (χ1) is 8.81. The van der Waals surface area contributed by atoms with E-state index in [0.717, 1.165) is 36.8 Å². The maximum absolute atomic E-state index is 12.0. The van der Waals surface area contributed by atoms with Crippen LogP contribution in [0.4, 0.5) is 0 Å². The molecule has 0 atom stereocenters. The first-order valence-electron chi connectivity index (χ1n) is 6.17. The highest BCUT2D eigenvalue weighted by atomic mass is 32.1. The molecular formula is C12H16N4OS. The maximum Gasteiger partial charge on any atom is 0.193 e. The van der Waals surface area contributed by atoms with Crippen molar-refractivity contribution in [2.75, 3.05) is 32.7 Å². The molecule has 3 heterocycles. The van der Waals surface area contributed by atoms with Crippen molar-refractivity contribution < 1.29 is 4.79 Å². The summed E-state index contributed by atoms with van der Waals surface area (Å²) in [6, 6.07) is 0. The van der Waals surface area contributed by atoms with E-state index in [1.165, 1.54) is 0 Å². The molecule has 18 heavy (non-hydrogen) atoms. The monoisotopic (exact) mass is 264 g/mol. The average molecular weight is 264 g/mol. The lowest BCUT2D eigenvalue weighted by molar-refractivity contribution is -0.119.